The van der Waals surface area contributed by atoms with Gasteiger partial charge in [-0.05, 0) is 61.1 Å². The standard InChI is InChI=1S/C33H43ClF3N7O2/c34-27-9-5-4-8-26(27)25(18-21-10-12-24(13-11-21)29(38)39)20-44(31(46)33(35,36)37)28(23-6-2-1-3-7-23)30(45)42-19-22-14-16-43(17-15-22)32(40)41/h4-5,8-13,22-23,25,28H,1-3,6-7,14-20H2,(H3,38,39)(H3,40,41)(H,42,45). The van der Waals surface area contributed by atoms with E-state index >= 15 is 0 Å². The van der Waals surface area contributed by atoms with Crippen LogP contribution in [0.3, 0.4) is 0 Å². The lowest BCUT2D eigenvalue weighted by atomic mass is 9.81. The lowest BCUT2D eigenvalue weighted by Gasteiger charge is -2.40. The van der Waals surface area contributed by atoms with Gasteiger partial charge in [-0.2, -0.15) is 13.2 Å². The molecule has 4 rings (SSSR count). The van der Waals surface area contributed by atoms with Gasteiger partial charge in [0.05, 0.1) is 0 Å². The average Bonchev–Trinajstić information content (AvgIpc) is 3.03. The minimum Gasteiger partial charge on any atom is -0.384 e. The van der Waals surface area contributed by atoms with Crippen molar-refractivity contribution in [3.05, 3.63) is 70.2 Å². The van der Waals surface area contributed by atoms with Crippen LogP contribution in [0.5, 0.6) is 0 Å². The van der Waals surface area contributed by atoms with Crippen LogP contribution in [-0.4, -0.2) is 71.8 Å². The lowest BCUT2D eigenvalue weighted by Crippen LogP contribution is -2.58. The maximum atomic E-state index is 14.3. The number of benzene rings is 2. The number of nitrogens with two attached hydrogens (primary N) is 2. The monoisotopic (exact) mass is 661 g/mol. The first kappa shape index (κ1) is 35.1. The van der Waals surface area contributed by atoms with Crippen LogP contribution in [0.15, 0.2) is 48.5 Å². The third-order valence-electron chi connectivity index (χ3n) is 9.23. The molecule has 2 amide bonds. The summed E-state index contributed by atoms with van der Waals surface area (Å²) >= 11 is 6.59. The van der Waals surface area contributed by atoms with Gasteiger partial charge in [0, 0.05) is 42.7 Å². The summed E-state index contributed by atoms with van der Waals surface area (Å²) in [5, 5.41) is 18.6. The number of hydrogen-bond acceptors (Lipinski definition) is 4. The van der Waals surface area contributed by atoms with E-state index in [2.05, 4.69) is 5.32 Å². The Labute approximate surface area is 272 Å². The second kappa shape index (κ2) is 15.7. The lowest BCUT2D eigenvalue weighted by molar-refractivity contribution is -0.190. The van der Waals surface area contributed by atoms with Gasteiger partial charge in [0.15, 0.2) is 5.96 Å². The number of nitrogen functional groups attached to an aromatic ring is 1. The van der Waals surface area contributed by atoms with E-state index < -0.39 is 35.9 Å². The van der Waals surface area contributed by atoms with E-state index in [1.807, 2.05) is 0 Å². The van der Waals surface area contributed by atoms with Gasteiger partial charge in [-0.15, -0.1) is 0 Å². The van der Waals surface area contributed by atoms with Crippen molar-refractivity contribution in [2.75, 3.05) is 26.2 Å². The number of halogens is 4. The normalized spacial score (nSPS) is 17.6. The number of alkyl halides is 3. The molecule has 2 aromatic rings. The first-order valence-corrected chi connectivity index (χ1v) is 16.1. The summed E-state index contributed by atoms with van der Waals surface area (Å²) < 4.78 is 43.0. The van der Waals surface area contributed by atoms with Crippen molar-refractivity contribution in [2.24, 2.45) is 23.3 Å². The molecule has 2 aromatic carbocycles. The van der Waals surface area contributed by atoms with Gasteiger partial charge in [0.2, 0.25) is 5.91 Å². The zero-order valence-electron chi connectivity index (χ0n) is 25.8. The number of amides is 2. The molecule has 0 aromatic heterocycles. The molecule has 1 saturated carbocycles. The van der Waals surface area contributed by atoms with Crippen molar-refractivity contribution in [1.29, 1.82) is 10.8 Å². The maximum absolute atomic E-state index is 14.3. The summed E-state index contributed by atoms with van der Waals surface area (Å²) in [7, 11) is 0. The molecule has 13 heteroatoms. The zero-order chi connectivity index (χ0) is 33.4. The molecule has 2 unspecified atom stereocenters. The highest BCUT2D eigenvalue weighted by atomic mass is 35.5. The van der Waals surface area contributed by atoms with E-state index in [0.717, 1.165) is 29.7 Å². The number of carbonyl (C=O) groups is 2. The Balaban J connectivity index is 1.66. The van der Waals surface area contributed by atoms with Gasteiger partial charge >= 0.3 is 12.1 Å². The van der Waals surface area contributed by atoms with Crippen molar-refractivity contribution >= 4 is 35.2 Å². The largest absolute Gasteiger partial charge is 0.471 e. The second-order valence-corrected chi connectivity index (χ2v) is 12.8. The van der Waals surface area contributed by atoms with Crippen molar-refractivity contribution in [2.45, 2.75) is 69.5 Å². The summed E-state index contributed by atoms with van der Waals surface area (Å²) in [5.74, 6) is -3.77. The molecule has 0 radical (unpaired) electrons. The summed E-state index contributed by atoms with van der Waals surface area (Å²) in [6.45, 7) is 1.02. The van der Waals surface area contributed by atoms with E-state index in [-0.39, 0.29) is 37.2 Å². The van der Waals surface area contributed by atoms with E-state index in [0.29, 0.717) is 54.9 Å². The number of carbonyl (C=O) groups excluding carboxylic acids is 2. The Bertz CT molecular complexity index is 1370. The van der Waals surface area contributed by atoms with Crippen LogP contribution in [0.1, 0.15) is 67.6 Å². The Hall–Kier alpha value is -3.80. The third-order valence-corrected chi connectivity index (χ3v) is 9.58. The van der Waals surface area contributed by atoms with Gasteiger partial charge in [-0.1, -0.05) is 73.3 Å². The number of nitrogens with one attached hydrogen (secondary N) is 3. The molecule has 250 valence electrons. The Morgan fingerprint density at radius 1 is 0.978 bits per heavy atom. The first-order valence-electron chi connectivity index (χ1n) is 15.8. The predicted molar refractivity (Wildman–Crippen MR) is 173 cm³/mol. The van der Waals surface area contributed by atoms with Crippen molar-refractivity contribution in [3.8, 4) is 0 Å². The molecule has 1 saturated heterocycles. The molecular weight excluding hydrogens is 619 g/mol. The number of hydrogen-bond donors (Lipinski definition) is 5. The smallest absolute Gasteiger partial charge is 0.384 e. The maximum Gasteiger partial charge on any atom is 0.471 e. The minimum atomic E-state index is -5.19. The topological polar surface area (TPSA) is 152 Å². The number of piperidine rings is 1. The van der Waals surface area contributed by atoms with Crippen LogP contribution < -0.4 is 16.8 Å². The summed E-state index contributed by atoms with van der Waals surface area (Å²) in [4.78, 5) is 29.8. The molecule has 1 aliphatic heterocycles. The molecule has 1 heterocycles. The fourth-order valence-electron chi connectivity index (χ4n) is 6.69. The third kappa shape index (κ3) is 9.14. The number of rotatable bonds is 11. The fourth-order valence-corrected chi connectivity index (χ4v) is 6.98. The molecule has 1 aliphatic carbocycles. The first-order chi connectivity index (χ1) is 21.8. The molecule has 46 heavy (non-hydrogen) atoms. The molecule has 7 N–H and O–H groups in total. The molecule has 2 fully saturated rings. The van der Waals surface area contributed by atoms with Crippen LogP contribution in [-0.2, 0) is 16.0 Å². The fraction of sp³-hybridized carbons (Fsp3) is 0.515. The molecular formula is C33H43ClF3N7O2. The van der Waals surface area contributed by atoms with Crippen molar-refractivity contribution < 1.29 is 22.8 Å². The average molecular weight is 662 g/mol. The SMILES string of the molecule is N=C(N)c1ccc(CC(CN(C(=O)C(F)(F)F)C(C(=O)NCC2CCN(C(=N)N)CC2)C2CCCCC2)c2ccccc2Cl)cc1. The predicted octanol–water partition coefficient (Wildman–Crippen LogP) is 5.01. The summed E-state index contributed by atoms with van der Waals surface area (Å²) in [6.07, 6.45) is -0.0688. The number of guanidine groups is 1. The highest BCUT2D eigenvalue weighted by Crippen LogP contribution is 2.35. The number of amidine groups is 1. The van der Waals surface area contributed by atoms with E-state index in [1.165, 1.54) is 0 Å². The quantitative estimate of drug-likeness (QED) is 0.169. The highest BCUT2D eigenvalue weighted by Gasteiger charge is 2.49. The van der Waals surface area contributed by atoms with Crippen molar-refractivity contribution in [3.63, 3.8) is 0 Å². The van der Waals surface area contributed by atoms with E-state index in [4.69, 9.17) is 33.9 Å². The Morgan fingerprint density at radius 2 is 1.61 bits per heavy atom. The van der Waals surface area contributed by atoms with Crippen molar-refractivity contribution in [1.82, 2.24) is 15.1 Å². The van der Waals surface area contributed by atoms with Crippen LogP contribution >= 0.6 is 11.6 Å². The van der Waals surface area contributed by atoms with Crippen LogP contribution in [0, 0.1) is 22.7 Å². The van der Waals surface area contributed by atoms with Crippen LogP contribution in [0.25, 0.3) is 0 Å². The van der Waals surface area contributed by atoms with Crippen LogP contribution in [0.2, 0.25) is 5.02 Å². The van der Waals surface area contributed by atoms with E-state index in [1.54, 1.807) is 53.4 Å². The highest BCUT2D eigenvalue weighted by molar-refractivity contribution is 6.31. The van der Waals surface area contributed by atoms with E-state index in [9.17, 15) is 22.8 Å². The molecule has 0 spiro atoms. The zero-order valence-corrected chi connectivity index (χ0v) is 26.5. The van der Waals surface area contributed by atoms with Crippen LogP contribution in [0.4, 0.5) is 13.2 Å². The Morgan fingerprint density at radius 3 is 2.17 bits per heavy atom. The number of likely N-dealkylation sites (tertiary alicyclic amines) is 1. The Kier molecular flexibility index (Phi) is 11.9. The molecule has 0 bridgehead atoms. The summed E-state index contributed by atoms with van der Waals surface area (Å²) in [6, 6.07) is 12.4. The molecule has 2 atom stereocenters. The van der Waals surface area contributed by atoms with Gasteiger partial charge in [-0.25, -0.2) is 0 Å². The van der Waals surface area contributed by atoms with Gasteiger partial charge in [-0.3, -0.25) is 20.4 Å². The van der Waals surface area contributed by atoms with Gasteiger partial charge < -0.3 is 26.6 Å². The molecule has 9 nitrogen and oxygen atoms in total. The summed E-state index contributed by atoms with van der Waals surface area (Å²) in [5.41, 5.74) is 13.0. The second-order valence-electron chi connectivity index (χ2n) is 12.4. The van der Waals surface area contributed by atoms with Gasteiger partial charge in [0.25, 0.3) is 0 Å². The molecule has 2 aliphatic rings. The number of nitrogens with zero attached hydrogens (tertiary/aromatic N) is 2. The minimum absolute atomic E-state index is 0.0102. The van der Waals surface area contributed by atoms with Gasteiger partial charge in [0.1, 0.15) is 11.9 Å².